The van der Waals surface area contributed by atoms with E-state index in [0.29, 0.717) is 72.8 Å². The summed E-state index contributed by atoms with van der Waals surface area (Å²) in [5.41, 5.74) is -0.106. The first kappa shape index (κ1) is 27.3. The van der Waals surface area contributed by atoms with Crippen molar-refractivity contribution in [3.63, 3.8) is 0 Å². The van der Waals surface area contributed by atoms with Crippen LogP contribution in [0, 0.1) is 12.3 Å². The minimum Gasteiger partial charge on any atom is -0.379 e. The molecule has 2 fully saturated rings. The van der Waals surface area contributed by atoms with Gasteiger partial charge in [0.15, 0.2) is 0 Å². The van der Waals surface area contributed by atoms with Gasteiger partial charge in [-0.2, -0.15) is 0 Å². The molecule has 0 aromatic carbocycles. The largest absolute Gasteiger partial charge is 0.379 e. The monoisotopic (exact) mass is 531 g/mol. The van der Waals surface area contributed by atoms with E-state index in [2.05, 4.69) is 15.6 Å². The quantitative estimate of drug-likeness (QED) is 0.613. The van der Waals surface area contributed by atoms with Gasteiger partial charge in [0, 0.05) is 32.3 Å². The van der Waals surface area contributed by atoms with Crippen molar-refractivity contribution in [2.24, 2.45) is 5.41 Å². The summed E-state index contributed by atoms with van der Waals surface area (Å²) in [6.07, 6.45) is 4.89. The van der Waals surface area contributed by atoms with Gasteiger partial charge in [-0.15, -0.1) is 11.3 Å². The van der Waals surface area contributed by atoms with Gasteiger partial charge in [-0.1, -0.05) is 6.42 Å². The third-order valence-electron chi connectivity index (χ3n) is 7.63. The van der Waals surface area contributed by atoms with E-state index < -0.39 is 11.5 Å². The topological polar surface area (TPSA) is 123 Å². The molecule has 2 saturated heterocycles. The van der Waals surface area contributed by atoms with Gasteiger partial charge in [0.25, 0.3) is 11.5 Å². The van der Waals surface area contributed by atoms with Crippen LogP contribution in [-0.2, 0) is 20.9 Å². The second-order valence-corrected chi connectivity index (χ2v) is 11.3. The zero-order chi connectivity index (χ0) is 26.7. The van der Waals surface area contributed by atoms with Gasteiger partial charge in [-0.25, -0.2) is 4.98 Å². The SMILES string of the molecule is CCn1cnc2sc(C(=O)N3CCC4(CCCCOC[C@H](C)NC(=O)[C@H](C)NC4=O)CC3)c(C)c2c1=O. The Bertz CT molecular complexity index is 1230. The molecule has 37 heavy (non-hydrogen) atoms. The molecule has 202 valence electrons. The van der Waals surface area contributed by atoms with Gasteiger partial charge in [0.05, 0.1) is 28.6 Å². The van der Waals surface area contributed by atoms with Crippen molar-refractivity contribution in [3.8, 4) is 0 Å². The van der Waals surface area contributed by atoms with Gasteiger partial charge in [-0.3, -0.25) is 23.7 Å². The number of nitrogens with zero attached hydrogens (tertiary/aromatic N) is 3. The summed E-state index contributed by atoms with van der Waals surface area (Å²) in [5, 5.41) is 6.32. The molecule has 0 saturated carbocycles. The molecular formula is C26H37N5O5S. The van der Waals surface area contributed by atoms with Crippen molar-refractivity contribution < 1.29 is 19.1 Å². The van der Waals surface area contributed by atoms with Crippen LogP contribution in [0.15, 0.2) is 11.1 Å². The van der Waals surface area contributed by atoms with Crippen LogP contribution in [0.2, 0.25) is 0 Å². The highest BCUT2D eigenvalue weighted by Crippen LogP contribution is 2.38. The van der Waals surface area contributed by atoms with Crippen molar-refractivity contribution in [3.05, 3.63) is 27.1 Å². The number of ether oxygens (including phenoxy) is 1. The van der Waals surface area contributed by atoms with Crippen molar-refractivity contribution in [1.29, 1.82) is 0 Å². The number of likely N-dealkylation sites (tertiary alicyclic amines) is 1. The average molecular weight is 532 g/mol. The second kappa shape index (κ2) is 11.3. The Kier molecular flexibility index (Phi) is 8.33. The van der Waals surface area contributed by atoms with E-state index in [9.17, 15) is 19.2 Å². The molecule has 11 heteroatoms. The van der Waals surface area contributed by atoms with E-state index >= 15 is 0 Å². The summed E-state index contributed by atoms with van der Waals surface area (Å²) in [6, 6.07) is -0.790. The number of rotatable bonds is 2. The van der Waals surface area contributed by atoms with Crippen LogP contribution in [0.5, 0.6) is 0 Å². The second-order valence-electron chi connectivity index (χ2n) is 10.3. The van der Waals surface area contributed by atoms with Crippen molar-refractivity contribution >= 4 is 39.3 Å². The molecule has 0 bridgehead atoms. The van der Waals surface area contributed by atoms with E-state index in [1.807, 2.05) is 13.8 Å². The summed E-state index contributed by atoms with van der Waals surface area (Å²) >= 11 is 1.25. The van der Waals surface area contributed by atoms with E-state index in [1.54, 1.807) is 18.7 Å². The Morgan fingerprint density at radius 3 is 2.59 bits per heavy atom. The fraction of sp³-hybridized carbons (Fsp3) is 0.654. The van der Waals surface area contributed by atoms with E-state index in [4.69, 9.17) is 4.74 Å². The number of aryl methyl sites for hydroxylation is 2. The Labute approximate surface area is 220 Å². The lowest BCUT2D eigenvalue weighted by atomic mass is 9.73. The highest BCUT2D eigenvalue weighted by atomic mass is 32.1. The Balaban J connectivity index is 1.51. The molecule has 0 unspecified atom stereocenters. The third kappa shape index (κ3) is 5.57. The molecule has 3 amide bonds. The molecule has 0 radical (unpaired) electrons. The maximum Gasteiger partial charge on any atom is 0.264 e. The number of amides is 3. The van der Waals surface area contributed by atoms with Crippen molar-refractivity contribution in [2.75, 3.05) is 26.3 Å². The highest BCUT2D eigenvalue weighted by molar-refractivity contribution is 7.20. The minimum absolute atomic E-state index is 0.127. The van der Waals surface area contributed by atoms with Crippen LogP contribution >= 0.6 is 11.3 Å². The Morgan fingerprint density at radius 1 is 1.16 bits per heavy atom. The fourth-order valence-corrected chi connectivity index (χ4v) is 6.32. The normalized spacial score (nSPS) is 23.6. The standard InChI is InChI=1S/C26H37N5O5S/c1-5-30-15-27-22-19(23(30)33)17(3)20(37-22)24(34)31-11-9-26(10-12-31)8-6-7-13-36-14-16(2)28-21(32)18(4)29-25(26)35/h15-16,18H,5-14H2,1-4H3,(H,28,32)(H,29,35)/t16-,18-/m0/s1. The smallest absolute Gasteiger partial charge is 0.264 e. The van der Waals surface area contributed by atoms with E-state index in [0.717, 1.165) is 12.8 Å². The molecule has 1 spiro atoms. The number of aromatic nitrogens is 2. The lowest BCUT2D eigenvalue weighted by molar-refractivity contribution is -0.137. The molecular weight excluding hydrogens is 494 g/mol. The molecule has 2 N–H and O–H groups in total. The first-order chi connectivity index (χ1) is 17.7. The van der Waals surface area contributed by atoms with Gasteiger partial charge >= 0.3 is 0 Å². The number of carbonyl (C=O) groups is 3. The molecule has 0 aliphatic carbocycles. The van der Waals surface area contributed by atoms with Crippen LogP contribution in [0.1, 0.15) is 68.1 Å². The molecule has 10 nitrogen and oxygen atoms in total. The molecule has 2 aliphatic rings. The maximum atomic E-state index is 13.5. The highest BCUT2D eigenvalue weighted by Gasteiger charge is 2.43. The number of hydrogen-bond acceptors (Lipinski definition) is 7. The number of carbonyl (C=O) groups excluding carboxylic acids is 3. The lowest BCUT2D eigenvalue weighted by Gasteiger charge is -2.41. The predicted molar refractivity (Wildman–Crippen MR) is 142 cm³/mol. The van der Waals surface area contributed by atoms with Crippen LogP contribution in [0.3, 0.4) is 0 Å². The van der Waals surface area contributed by atoms with Crippen molar-refractivity contribution in [1.82, 2.24) is 25.1 Å². The van der Waals surface area contributed by atoms with E-state index in [1.165, 1.54) is 22.2 Å². The van der Waals surface area contributed by atoms with Gasteiger partial charge in [0.1, 0.15) is 10.9 Å². The van der Waals surface area contributed by atoms with Crippen LogP contribution in [-0.4, -0.2) is 70.6 Å². The molecule has 2 aromatic heterocycles. The number of nitrogens with one attached hydrogen (secondary N) is 2. The van der Waals surface area contributed by atoms with E-state index in [-0.39, 0.29) is 29.3 Å². The van der Waals surface area contributed by atoms with Crippen LogP contribution < -0.4 is 16.2 Å². The predicted octanol–water partition coefficient (Wildman–Crippen LogP) is 2.22. The minimum atomic E-state index is -0.659. The maximum absolute atomic E-state index is 13.5. The molecule has 4 rings (SSSR count). The number of thiophene rings is 1. The van der Waals surface area contributed by atoms with Gasteiger partial charge < -0.3 is 20.3 Å². The summed E-state index contributed by atoms with van der Waals surface area (Å²) in [5.74, 6) is -0.488. The Hall–Kier alpha value is -2.79. The zero-order valence-electron chi connectivity index (χ0n) is 22.1. The van der Waals surface area contributed by atoms with Gasteiger partial charge in [-0.05, 0) is 58.9 Å². The molecule has 2 aromatic rings. The fourth-order valence-electron chi connectivity index (χ4n) is 5.21. The van der Waals surface area contributed by atoms with Gasteiger partial charge in [0.2, 0.25) is 11.8 Å². The average Bonchev–Trinajstić information content (AvgIpc) is 3.22. The molecule has 4 heterocycles. The zero-order valence-corrected chi connectivity index (χ0v) is 22.9. The van der Waals surface area contributed by atoms with Crippen LogP contribution in [0.25, 0.3) is 10.2 Å². The number of piperidine rings is 1. The summed E-state index contributed by atoms with van der Waals surface area (Å²) < 4.78 is 7.24. The van der Waals surface area contributed by atoms with Crippen LogP contribution in [0.4, 0.5) is 0 Å². The lowest BCUT2D eigenvalue weighted by Crippen LogP contribution is -2.55. The summed E-state index contributed by atoms with van der Waals surface area (Å²) in [4.78, 5) is 59.6. The third-order valence-corrected chi connectivity index (χ3v) is 8.82. The van der Waals surface area contributed by atoms with Crippen molar-refractivity contribution in [2.45, 2.75) is 78.4 Å². The Morgan fingerprint density at radius 2 is 1.89 bits per heavy atom. The number of hydrogen-bond donors (Lipinski definition) is 2. The number of fused-ring (bicyclic) bond motifs is 1. The molecule has 2 atom stereocenters. The summed E-state index contributed by atoms with van der Waals surface area (Å²) in [6.45, 7) is 9.66. The summed E-state index contributed by atoms with van der Waals surface area (Å²) in [7, 11) is 0. The first-order valence-electron chi connectivity index (χ1n) is 13.1. The molecule has 2 aliphatic heterocycles. The first-order valence-corrected chi connectivity index (χ1v) is 14.0.